The van der Waals surface area contributed by atoms with Crippen molar-refractivity contribution in [2.45, 2.75) is 90.4 Å². The summed E-state index contributed by atoms with van der Waals surface area (Å²) in [6.07, 6.45) is 1.72. The summed E-state index contributed by atoms with van der Waals surface area (Å²) in [5.74, 6) is -3.10. The van der Waals surface area contributed by atoms with Crippen LogP contribution in [0.2, 0.25) is 0 Å². The predicted octanol–water partition coefficient (Wildman–Crippen LogP) is -1.95. The van der Waals surface area contributed by atoms with Gasteiger partial charge in [0.05, 0.1) is 6.04 Å². The van der Waals surface area contributed by atoms with E-state index in [4.69, 9.17) is 28.7 Å². The van der Waals surface area contributed by atoms with Gasteiger partial charge in [-0.3, -0.25) is 24.4 Å². The van der Waals surface area contributed by atoms with Gasteiger partial charge in [-0.25, -0.2) is 4.79 Å². The third-order valence-electron chi connectivity index (χ3n) is 5.54. The van der Waals surface area contributed by atoms with E-state index in [1.165, 1.54) is 0 Å². The van der Waals surface area contributed by atoms with Gasteiger partial charge in [-0.1, -0.05) is 27.7 Å². The number of amides is 3. The number of aliphatic carboxylic acids is 1. The Morgan fingerprint density at radius 2 is 1.08 bits per heavy atom. The van der Waals surface area contributed by atoms with Crippen LogP contribution in [0.5, 0.6) is 0 Å². The van der Waals surface area contributed by atoms with E-state index in [-0.39, 0.29) is 56.0 Å². The molecule has 0 heterocycles. The highest BCUT2D eigenvalue weighted by atomic mass is 16.4. The first-order valence-corrected chi connectivity index (χ1v) is 13.1. The number of guanidine groups is 2. The summed E-state index contributed by atoms with van der Waals surface area (Å²) in [6, 6.07) is -4.08. The molecular weight excluding hydrogens is 508 g/mol. The fourth-order valence-corrected chi connectivity index (χ4v) is 3.64. The number of carboxylic acids is 1. The molecule has 4 unspecified atom stereocenters. The Bertz CT molecular complexity index is 854. The van der Waals surface area contributed by atoms with Crippen molar-refractivity contribution in [2.75, 3.05) is 13.1 Å². The number of nitrogens with two attached hydrogens (primary N) is 5. The number of nitrogens with one attached hydrogen (secondary N) is 3. The third-order valence-corrected chi connectivity index (χ3v) is 5.54. The van der Waals surface area contributed by atoms with E-state index in [1.54, 1.807) is 0 Å². The zero-order valence-corrected chi connectivity index (χ0v) is 23.5. The van der Waals surface area contributed by atoms with Crippen LogP contribution < -0.4 is 44.6 Å². The van der Waals surface area contributed by atoms with Crippen LogP contribution in [-0.2, 0) is 19.2 Å². The maximum absolute atomic E-state index is 13.3. The van der Waals surface area contributed by atoms with Crippen LogP contribution in [0.15, 0.2) is 9.98 Å². The van der Waals surface area contributed by atoms with Crippen molar-refractivity contribution in [3.8, 4) is 0 Å². The number of nitrogens with zero attached hydrogens (tertiary/aromatic N) is 2. The lowest BCUT2D eigenvalue weighted by molar-refractivity contribution is -0.143. The first kappa shape index (κ1) is 35.4. The number of hydrogen-bond donors (Lipinski definition) is 9. The summed E-state index contributed by atoms with van der Waals surface area (Å²) in [5.41, 5.74) is 27.3. The molecule has 0 aromatic rings. The van der Waals surface area contributed by atoms with Crippen LogP contribution >= 0.6 is 0 Å². The third kappa shape index (κ3) is 16.8. The molecule has 3 amide bonds. The minimum atomic E-state index is -1.16. The molecule has 0 saturated heterocycles. The Morgan fingerprint density at radius 3 is 1.54 bits per heavy atom. The van der Waals surface area contributed by atoms with Crippen molar-refractivity contribution in [3.05, 3.63) is 0 Å². The largest absolute Gasteiger partial charge is 0.480 e. The fourth-order valence-electron chi connectivity index (χ4n) is 3.64. The second kappa shape index (κ2) is 18.6. The maximum Gasteiger partial charge on any atom is 0.326 e. The molecule has 39 heavy (non-hydrogen) atoms. The number of hydrogen-bond acceptors (Lipinski definition) is 7. The molecule has 0 rings (SSSR count). The molecular formula is C24H48N10O5. The fraction of sp³-hybridized carbons (Fsp3) is 0.750. The summed E-state index contributed by atoms with van der Waals surface area (Å²) >= 11 is 0. The van der Waals surface area contributed by atoms with Gasteiger partial charge in [-0.2, -0.15) is 0 Å². The van der Waals surface area contributed by atoms with E-state index in [0.29, 0.717) is 19.4 Å². The van der Waals surface area contributed by atoms with Crippen molar-refractivity contribution in [1.82, 2.24) is 16.0 Å². The van der Waals surface area contributed by atoms with E-state index in [1.807, 2.05) is 27.7 Å². The highest BCUT2D eigenvalue weighted by Crippen LogP contribution is 2.10. The Balaban J connectivity index is 5.58. The number of carbonyl (C=O) groups excluding carboxylic acids is 3. The molecule has 0 fully saturated rings. The molecule has 0 spiro atoms. The second-order valence-corrected chi connectivity index (χ2v) is 10.3. The Hall–Kier alpha value is -3.62. The molecule has 0 aromatic heterocycles. The molecule has 15 nitrogen and oxygen atoms in total. The summed E-state index contributed by atoms with van der Waals surface area (Å²) < 4.78 is 0. The standard InChI is InChI=1S/C24H48N10O5/c1-13(2)11-17(21(37)34-18(22(38)39)12-14(3)4)33-20(36)16(8-6-10-31-24(28)29)32-19(35)15(25)7-5-9-30-23(26)27/h13-18H,5-12,25H2,1-4H3,(H,32,35)(H,33,36)(H,34,37)(H,38,39)(H4,26,27,30)(H4,28,29,31). The van der Waals surface area contributed by atoms with E-state index in [0.717, 1.165) is 0 Å². The van der Waals surface area contributed by atoms with Crippen molar-refractivity contribution < 1.29 is 24.3 Å². The molecule has 224 valence electrons. The number of rotatable bonds is 19. The number of carboxylic acid groups (broad SMARTS) is 1. The van der Waals surface area contributed by atoms with Gasteiger partial charge in [0, 0.05) is 13.1 Å². The van der Waals surface area contributed by atoms with Gasteiger partial charge in [0.15, 0.2) is 11.9 Å². The van der Waals surface area contributed by atoms with Crippen molar-refractivity contribution >= 4 is 35.6 Å². The zero-order chi connectivity index (χ0) is 30.1. The predicted molar refractivity (Wildman–Crippen MR) is 150 cm³/mol. The summed E-state index contributed by atoms with van der Waals surface area (Å²) in [7, 11) is 0. The highest BCUT2D eigenvalue weighted by molar-refractivity contribution is 5.94. The molecule has 4 atom stereocenters. The van der Waals surface area contributed by atoms with Gasteiger partial charge in [0.25, 0.3) is 0 Å². The maximum atomic E-state index is 13.3. The number of aliphatic imine (C=N–C) groups is 2. The minimum Gasteiger partial charge on any atom is -0.480 e. The summed E-state index contributed by atoms with van der Waals surface area (Å²) in [5, 5.41) is 17.3. The van der Waals surface area contributed by atoms with Gasteiger partial charge in [0.2, 0.25) is 17.7 Å². The lowest BCUT2D eigenvalue weighted by atomic mass is 10.00. The highest BCUT2D eigenvalue weighted by Gasteiger charge is 2.30. The Morgan fingerprint density at radius 1 is 0.667 bits per heavy atom. The van der Waals surface area contributed by atoms with Gasteiger partial charge in [0.1, 0.15) is 18.1 Å². The van der Waals surface area contributed by atoms with Crippen LogP contribution in [0.4, 0.5) is 0 Å². The first-order valence-electron chi connectivity index (χ1n) is 13.1. The van der Waals surface area contributed by atoms with Crippen LogP contribution in [-0.4, -0.2) is 78.0 Å². The molecule has 0 bridgehead atoms. The quantitative estimate of drug-likeness (QED) is 0.0481. The summed E-state index contributed by atoms with van der Waals surface area (Å²) in [4.78, 5) is 58.4. The molecule has 14 N–H and O–H groups in total. The molecule has 0 saturated carbocycles. The number of carbonyl (C=O) groups is 4. The van der Waals surface area contributed by atoms with Gasteiger partial charge in [-0.15, -0.1) is 0 Å². The van der Waals surface area contributed by atoms with Gasteiger partial charge in [-0.05, 0) is 50.4 Å². The SMILES string of the molecule is CC(C)CC(NC(=O)C(CC(C)C)NC(=O)C(CCCN=C(N)N)NC(=O)C(N)CCCN=C(N)N)C(=O)O. The van der Waals surface area contributed by atoms with Crippen molar-refractivity contribution in [1.29, 1.82) is 0 Å². The van der Waals surface area contributed by atoms with Crippen LogP contribution in [0.3, 0.4) is 0 Å². The first-order chi connectivity index (χ1) is 18.1. The monoisotopic (exact) mass is 556 g/mol. The molecule has 0 aliphatic heterocycles. The second-order valence-electron chi connectivity index (χ2n) is 10.3. The van der Waals surface area contributed by atoms with Crippen molar-refractivity contribution in [3.63, 3.8) is 0 Å². The van der Waals surface area contributed by atoms with E-state index < -0.39 is 47.9 Å². The lowest BCUT2D eigenvalue weighted by Gasteiger charge is -2.26. The average molecular weight is 557 g/mol. The zero-order valence-electron chi connectivity index (χ0n) is 23.5. The molecule has 0 aromatic carbocycles. The van der Waals surface area contributed by atoms with Crippen LogP contribution in [0, 0.1) is 11.8 Å². The lowest BCUT2D eigenvalue weighted by Crippen LogP contribution is -2.57. The van der Waals surface area contributed by atoms with Gasteiger partial charge >= 0.3 is 5.97 Å². The van der Waals surface area contributed by atoms with E-state index >= 15 is 0 Å². The molecule has 0 aliphatic rings. The van der Waals surface area contributed by atoms with Crippen LogP contribution in [0.1, 0.15) is 66.2 Å². The van der Waals surface area contributed by atoms with Crippen molar-refractivity contribution in [2.24, 2.45) is 50.5 Å². The van der Waals surface area contributed by atoms with Gasteiger partial charge < -0.3 is 49.7 Å². The van der Waals surface area contributed by atoms with E-state index in [9.17, 15) is 24.3 Å². The smallest absolute Gasteiger partial charge is 0.326 e. The molecule has 15 heteroatoms. The normalized spacial score (nSPS) is 14.0. The molecule has 0 aliphatic carbocycles. The topological polar surface area (TPSA) is 279 Å². The molecule has 0 radical (unpaired) electrons. The van der Waals surface area contributed by atoms with E-state index in [2.05, 4.69) is 25.9 Å². The average Bonchev–Trinajstić information content (AvgIpc) is 2.81. The van der Waals surface area contributed by atoms with Crippen LogP contribution in [0.25, 0.3) is 0 Å². The Labute approximate surface area is 230 Å². The Kier molecular flexibility index (Phi) is 16.9. The summed E-state index contributed by atoms with van der Waals surface area (Å²) in [6.45, 7) is 7.94. The minimum absolute atomic E-state index is 0.00275.